The fraction of sp³-hybridized carbons (Fsp3) is 0.182. The Bertz CT molecular complexity index is 634. The summed E-state index contributed by atoms with van der Waals surface area (Å²) in [6.07, 6.45) is 0. The van der Waals surface area contributed by atoms with E-state index in [2.05, 4.69) is 0 Å². The van der Waals surface area contributed by atoms with Crippen LogP contribution in [-0.2, 0) is 4.74 Å². The third-order valence-electron chi connectivity index (χ3n) is 2.24. The highest BCUT2D eigenvalue weighted by Crippen LogP contribution is 2.31. The topological polar surface area (TPSA) is 82.6 Å². The second-order valence-electron chi connectivity index (χ2n) is 3.43. The van der Waals surface area contributed by atoms with E-state index in [9.17, 15) is 14.9 Å². The summed E-state index contributed by atoms with van der Waals surface area (Å²) < 4.78 is 9.98. The zero-order valence-corrected chi connectivity index (χ0v) is 10.1. The highest BCUT2D eigenvalue weighted by molar-refractivity contribution is 6.35. The molecule has 18 heavy (non-hydrogen) atoms. The highest BCUT2D eigenvalue weighted by atomic mass is 35.5. The molecule has 0 aliphatic heterocycles. The second-order valence-corrected chi connectivity index (χ2v) is 3.84. The van der Waals surface area contributed by atoms with Gasteiger partial charge >= 0.3 is 5.97 Å². The van der Waals surface area contributed by atoms with Crippen LogP contribution in [0.25, 0.3) is 11.0 Å². The van der Waals surface area contributed by atoms with Crippen LogP contribution in [0.2, 0.25) is 5.02 Å². The van der Waals surface area contributed by atoms with Gasteiger partial charge in [-0.1, -0.05) is 11.6 Å². The van der Waals surface area contributed by atoms with Gasteiger partial charge in [0.05, 0.1) is 16.6 Å². The Morgan fingerprint density at radius 1 is 1.50 bits per heavy atom. The average Bonchev–Trinajstić information content (AvgIpc) is 2.73. The van der Waals surface area contributed by atoms with Crippen molar-refractivity contribution in [3.05, 3.63) is 39.1 Å². The maximum absolute atomic E-state index is 11.5. The molecule has 0 unspecified atom stereocenters. The second kappa shape index (κ2) is 4.66. The van der Waals surface area contributed by atoms with Gasteiger partial charge in [-0.2, -0.15) is 0 Å². The van der Waals surface area contributed by atoms with Gasteiger partial charge in [-0.15, -0.1) is 0 Å². The van der Waals surface area contributed by atoms with Gasteiger partial charge in [-0.3, -0.25) is 10.1 Å². The number of non-ortho nitro benzene ring substituents is 1. The number of carbonyl (C=O) groups is 1. The van der Waals surface area contributed by atoms with E-state index >= 15 is 0 Å². The number of furan rings is 1. The predicted molar refractivity (Wildman–Crippen MR) is 63.8 cm³/mol. The number of esters is 1. The van der Waals surface area contributed by atoms with Crippen molar-refractivity contribution < 1.29 is 18.9 Å². The molecule has 0 spiro atoms. The molecule has 2 rings (SSSR count). The number of benzene rings is 1. The van der Waals surface area contributed by atoms with Gasteiger partial charge in [0.1, 0.15) is 0 Å². The van der Waals surface area contributed by atoms with Crippen molar-refractivity contribution in [2.75, 3.05) is 6.61 Å². The molecular weight excluding hydrogens is 262 g/mol. The van der Waals surface area contributed by atoms with Crippen molar-refractivity contribution in [2.24, 2.45) is 0 Å². The lowest BCUT2D eigenvalue weighted by molar-refractivity contribution is -0.384. The number of halogens is 1. The van der Waals surface area contributed by atoms with Crippen molar-refractivity contribution in [1.29, 1.82) is 0 Å². The van der Waals surface area contributed by atoms with Crippen molar-refractivity contribution >= 4 is 34.2 Å². The number of rotatable bonds is 3. The number of hydrogen-bond donors (Lipinski definition) is 0. The molecule has 1 aromatic heterocycles. The largest absolute Gasteiger partial charge is 0.460 e. The maximum atomic E-state index is 11.5. The van der Waals surface area contributed by atoms with E-state index < -0.39 is 10.9 Å². The minimum atomic E-state index is -0.632. The number of ether oxygens (including phenoxy) is 1. The lowest BCUT2D eigenvalue weighted by Gasteiger charge is -1.96. The summed E-state index contributed by atoms with van der Waals surface area (Å²) in [6, 6.07) is 3.82. The van der Waals surface area contributed by atoms with E-state index in [1.54, 1.807) is 6.92 Å². The van der Waals surface area contributed by atoms with Crippen LogP contribution in [-0.4, -0.2) is 17.5 Å². The van der Waals surface area contributed by atoms with Crippen LogP contribution < -0.4 is 0 Å². The van der Waals surface area contributed by atoms with Gasteiger partial charge in [0.2, 0.25) is 5.76 Å². The Labute approximate surface area is 106 Å². The van der Waals surface area contributed by atoms with Crippen molar-refractivity contribution in [2.45, 2.75) is 6.92 Å². The Morgan fingerprint density at radius 3 is 2.83 bits per heavy atom. The van der Waals surface area contributed by atoms with Gasteiger partial charge in [-0.25, -0.2) is 4.79 Å². The van der Waals surface area contributed by atoms with Crippen LogP contribution in [0.5, 0.6) is 0 Å². The number of hydrogen-bond acceptors (Lipinski definition) is 5. The summed E-state index contributed by atoms with van der Waals surface area (Å²) in [6.45, 7) is 1.88. The molecule has 1 aromatic carbocycles. The standard InChI is InChI=1S/C11H8ClNO5/c1-2-17-11(14)9-4-6-3-7(13(15)16)5-8(12)10(6)18-9/h3-5H,2H2,1H3. The molecule has 94 valence electrons. The molecular formula is C11H8ClNO5. The maximum Gasteiger partial charge on any atom is 0.374 e. The third kappa shape index (κ3) is 2.14. The van der Waals surface area contributed by atoms with Crippen LogP contribution in [0.4, 0.5) is 5.69 Å². The van der Waals surface area contributed by atoms with E-state index in [1.165, 1.54) is 18.2 Å². The quantitative estimate of drug-likeness (QED) is 0.485. The van der Waals surface area contributed by atoms with Crippen molar-refractivity contribution in [3.8, 4) is 0 Å². The molecule has 0 saturated heterocycles. The normalized spacial score (nSPS) is 10.6. The Kier molecular flexibility index (Phi) is 3.20. The van der Waals surface area contributed by atoms with Crippen molar-refractivity contribution in [1.82, 2.24) is 0 Å². The molecule has 2 aromatic rings. The monoisotopic (exact) mass is 269 g/mol. The van der Waals surface area contributed by atoms with Crippen molar-refractivity contribution in [3.63, 3.8) is 0 Å². The summed E-state index contributed by atoms with van der Waals surface area (Å²) in [4.78, 5) is 21.5. The van der Waals surface area contributed by atoms with Crippen LogP contribution >= 0.6 is 11.6 Å². The lowest BCUT2D eigenvalue weighted by Crippen LogP contribution is -2.02. The highest BCUT2D eigenvalue weighted by Gasteiger charge is 2.18. The molecule has 0 bridgehead atoms. The Hall–Kier alpha value is -2.08. The van der Waals surface area contributed by atoms with E-state index in [0.717, 1.165) is 0 Å². The molecule has 0 radical (unpaired) electrons. The number of nitro benzene ring substituents is 1. The van der Waals surface area contributed by atoms with E-state index in [0.29, 0.717) is 5.39 Å². The SMILES string of the molecule is CCOC(=O)c1cc2cc([N+](=O)[O-])cc(Cl)c2o1. The molecule has 0 fully saturated rings. The van der Waals surface area contributed by atoms with Gasteiger partial charge in [-0.05, 0) is 13.0 Å². The summed E-state index contributed by atoms with van der Waals surface area (Å²) >= 11 is 5.85. The fourth-order valence-electron chi connectivity index (χ4n) is 1.50. The van der Waals surface area contributed by atoms with E-state index in [-0.39, 0.29) is 28.7 Å². The first-order valence-electron chi connectivity index (χ1n) is 5.07. The summed E-state index contributed by atoms with van der Waals surface area (Å²) in [5, 5.41) is 11.1. The van der Waals surface area contributed by atoms with Gasteiger partial charge < -0.3 is 9.15 Å². The molecule has 0 amide bonds. The molecule has 1 heterocycles. The summed E-state index contributed by atoms with van der Waals surface area (Å²) in [5.41, 5.74) is 0.0639. The average molecular weight is 270 g/mol. The Balaban J connectivity index is 2.54. The van der Waals surface area contributed by atoms with Gasteiger partial charge in [0, 0.05) is 17.5 Å². The Morgan fingerprint density at radius 2 is 2.22 bits per heavy atom. The molecule has 7 heteroatoms. The zero-order chi connectivity index (χ0) is 13.3. The number of nitro groups is 1. The van der Waals surface area contributed by atoms with Gasteiger partial charge in [0.15, 0.2) is 5.58 Å². The lowest BCUT2D eigenvalue weighted by atomic mass is 10.2. The molecule has 0 N–H and O–H groups in total. The fourth-order valence-corrected chi connectivity index (χ4v) is 1.76. The van der Waals surface area contributed by atoms with E-state index in [1.807, 2.05) is 0 Å². The number of nitrogens with zero attached hydrogens (tertiary/aromatic N) is 1. The molecule has 6 nitrogen and oxygen atoms in total. The molecule has 0 aliphatic rings. The molecule has 0 saturated carbocycles. The number of carbonyl (C=O) groups excluding carboxylic acids is 1. The van der Waals surface area contributed by atoms with E-state index in [4.69, 9.17) is 20.8 Å². The molecule has 0 aliphatic carbocycles. The number of fused-ring (bicyclic) bond motifs is 1. The summed E-state index contributed by atoms with van der Waals surface area (Å²) in [5.74, 6) is -0.665. The minimum absolute atomic E-state index is 0.0331. The van der Waals surface area contributed by atoms with Crippen LogP contribution in [0, 0.1) is 10.1 Å². The third-order valence-corrected chi connectivity index (χ3v) is 2.52. The summed E-state index contributed by atoms with van der Waals surface area (Å²) in [7, 11) is 0. The van der Waals surface area contributed by atoms with Crippen LogP contribution in [0.15, 0.2) is 22.6 Å². The first-order chi connectivity index (χ1) is 8.52. The van der Waals surface area contributed by atoms with Crippen LogP contribution in [0.3, 0.4) is 0 Å². The predicted octanol–water partition coefficient (Wildman–Crippen LogP) is 3.17. The first kappa shape index (κ1) is 12.4. The van der Waals surface area contributed by atoms with Gasteiger partial charge in [0.25, 0.3) is 5.69 Å². The molecule has 0 atom stereocenters. The smallest absolute Gasteiger partial charge is 0.374 e. The first-order valence-corrected chi connectivity index (χ1v) is 5.45. The zero-order valence-electron chi connectivity index (χ0n) is 9.31. The van der Waals surface area contributed by atoms with Crippen LogP contribution in [0.1, 0.15) is 17.5 Å². The minimum Gasteiger partial charge on any atom is -0.460 e.